The van der Waals surface area contributed by atoms with E-state index in [1.54, 1.807) is 21.3 Å². The van der Waals surface area contributed by atoms with Gasteiger partial charge in [-0.1, -0.05) is 20.8 Å². The lowest BCUT2D eigenvalue weighted by Crippen LogP contribution is -2.48. The standard InChI is InChI=1S/C10H24O4Si/c1-10(2,3)7-8-14-9-15(11-4,12-5)13-6/h7-9H2,1-6H3. The normalized spacial score (nSPS) is 13.2. The Balaban J connectivity index is 3.82. The predicted molar refractivity (Wildman–Crippen MR) is 61.7 cm³/mol. The monoisotopic (exact) mass is 236 g/mol. The maximum atomic E-state index is 5.53. The van der Waals surface area contributed by atoms with E-state index in [0.29, 0.717) is 12.8 Å². The van der Waals surface area contributed by atoms with Gasteiger partial charge in [0.1, 0.15) is 6.23 Å². The highest BCUT2D eigenvalue weighted by molar-refractivity contribution is 6.60. The van der Waals surface area contributed by atoms with Crippen LogP contribution < -0.4 is 0 Å². The number of hydrogen-bond donors (Lipinski definition) is 0. The first kappa shape index (κ1) is 15.1. The summed E-state index contributed by atoms with van der Waals surface area (Å²) in [6.07, 6.45) is 1.42. The van der Waals surface area contributed by atoms with E-state index in [4.69, 9.17) is 18.0 Å². The van der Waals surface area contributed by atoms with Gasteiger partial charge in [0.25, 0.3) is 0 Å². The van der Waals surface area contributed by atoms with Gasteiger partial charge in [0.05, 0.1) is 0 Å². The molecular weight excluding hydrogens is 212 g/mol. The number of hydrogen-bond acceptors (Lipinski definition) is 4. The van der Waals surface area contributed by atoms with Crippen molar-refractivity contribution < 1.29 is 18.0 Å². The summed E-state index contributed by atoms with van der Waals surface area (Å²) in [5.74, 6) is 0. The molecular formula is C10H24O4Si. The van der Waals surface area contributed by atoms with Crippen molar-refractivity contribution in [3.05, 3.63) is 0 Å². The highest BCUT2D eigenvalue weighted by Gasteiger charge is 2.38. The van der Waals surface area contributed by atoms with Gasteiger partial charge >= 0.3 is 8.80 Å². The van der Waals surface area contributed by atoms with Gasteiger partial charge in [-0.15, -0.1) is 0 Å². The van der Waals surface area contributed by atoms with Crippen LogP contribution >= 0.6 is 0 Å². The van der Waals surface area contributed by atoms with E-state index in [1.165, 1.54) is 0 Å². The Morgan fingerprint density at radius 1 is 0.933 bits per heavy atom. The fourth-order valence-electron chi connectivity index (χ4n) is 1.00. The summed E-state index contributed by atoms with van der Waals surface area (Å²) < 4.78 is 21.2. The second kappa shape index (κ2) is 6.60. The van der Waals surface area contributed by atoms with E-state index >= 15 is 0 Å². The minimum atomic E-state index is -2.54. The molecule has 0 amide bonds. The van der Waals surface area contributed by atoms with Crippen LogP contribution in [0.3, 0.4) is 0 Å². The van der Waals surface area contributed by atoms with E-state index in [0.717, 1.165) is 6.42 Å². The molecule has 0 N–H and O–H groups in total. The average molecular weight is 236 g/mol. The molecule has 0 aliphatic carbocycles. The quantitative estimate of drug-likeness (QED) is 0.499. The lowest BCUT2D eigenvalue weighted by atomic mass is 9.93. The highest BCUT2D eigenvalue weighted by atomic mass is 28.4. The van der Waals surface area contributed by atoms with E-state index in [9.17, 15) is 0 Å². The molecule has 5 heteroatoms. The molecule has 15 heavy (non-hydrogen) atoms. The first-order chi connectivity index (χ1) is 6.89. The fraction of sp³-hybridized carbons (Fsp3) is 1.00. The van der Waals surface area contributed by atoms with E-state index in [2.05, 4.69) is 20.8 Å². The van der Waals surface area contributed by atoms with Crippen LogP contribution in [0.5, 0.6) is 0 Å². The zero-order chi connectivity index (χ0) is 11.9. The van der Waals surface area contributed by atoms with Crippen LogP contribution in [-0.2, 0) is 18.0 Å². The minimum Gasteiger partial charge on any atom is -0.377 e. The molecule has 0 rings (SSSR count). The van der Waals surface area contributed by atoms with Crippen molar-refractivity contribution in [1.82, 2.24) is 0 Å². The number of rotatable bonds is 7. The molecule has 0 heterocycles. The van der Waals surface area contributed by atoms with Gasteiger partial charge in [0.15, 0.2) is 0 Å². The van der Waals surface area contributed by atoms with Gasteiger partial charge < -0.3 is 18.0 Å². The highest BCUT2D eigenvalue weighted by Crippen LogP contribution is 2.18. The van der Waals surface area contributed by atoms with E-state index < -0.39 is 8.80 Å². The van der Waals surface area contributed by atoms with Crippen LogP contribution in [0.2, 0.25) is 0 Å². The molecule has 0 saturated heterocycles. The summed E-state index contributed by atoms with van der Waals surface area (Å²) in [5.41, 5.74) is 0.289. The molecule has 0 aromatic rings. The van der Waals surface area contributed by atoms with Crippen LogP contribution in [0.15, 0.2) is 0 Å². The maximum Gasteiger partial charge on any atom is 0.527 e. The molecule has 0 aliphatic heterocycles. The molecule has 0 aromatic heterocycles. The molecule has 4 nitrogen and oxygen atoms in total. The summed E-state index contributed by atoms with van der Waals surface area (Å²) in [7, 11) is 2.23. The Bertz CT molecular complexity index is 155. The topological polar surface area (TPSA) is 36.9 Å². The van der Waals surface area contributed by atoms with Crippen molar-refractivity contribution >= 4 is 8.80 Å². The zero-order valence-corrected chi connectivity index (χ0v) is 11.8. The van der Waals surface area contributed by atoms with Gasteiger partial charge in [-0.3, -0.25) is 0 Å². The van der Waals surface area contributed by atoms with Crippen molar-refractivity contribution in [2.75, 3.05) is 34.2 Å². The Morgan fingerprint density at radius 2 is 1.40 bits per heavy atom. The van der Waals surface area contributed by atoms with Crippen molar-refractivity contribution in [3.8, 4) is 0 Å². The molecule has 92 valence electrons. The van der Waals surface area contributed by atoms with Crippen LogP contribution in [0, 0.1) is 5.41 Å². The first-order valence-electron chi connectivity index (χ1n) is 5.12. The summed E-state index contributed by atoms with van der Waals surface area (Å²) in [6, 6.07) is 0. The third-order valence-corrected chi connectivity index (χ3v) is 4.63. The van der Waals surface area contributed by atoms with E-state index in [1.807, 2.05) is 0 Å². The SMILES string of the molecule is CO[Si](COCCC(C)(C)C)(OC)OC. The Hall–Kier alpha value is 0.0569. The summed E-state index contributed by atoms with van der Waals surface area (Å²) >= 11 is 0. The molecule has 0 saturated carbocycles. The average Bonchev–Trinajstić information content (AvgIpc) is 2.18. The van der Waals surface area contributed by atoms with Crippen molar-refractivity contribution in [1.29, 1.82) is 0 Å². The molecule has 0 radical (unpaired) electrons. The zero-order valence-electron chi connectivity index (χ0n) is 10.8. The molecule has 0 aliphatic rings. The van der Waals surface area contributed by atoms with Crippen LogP contribution in [0.4, 0.5) is 0 Å². The first-order valence-corrected chi connectivity index (χ1v) is 7.05. The second-order valence-corrected chi connectivity index (χ2v) is 7.54. The predicted octanol–water partition coefficient (Wildman–Crippen LogP) is 1.86. The van der Waals surface area contributed by atoms with Crippen LogP contribution in [0.25, 0.3) is 0 Å². The van der Waals surface area contributed by atoms with Gasteiger partial charge in [-0.05, 0) is 11.8 Å². The van der Waals surface area contributed by atoms with E-state index in [-0.39, 0.29) is 5.41 Å². The van der Waals surface area contributed by atoms with Crippen LogP contribution in [0.1, 0.15) is 27.2 Å². The summed E-state index contributed by atoms with van der Waals surface area (Å²) in [6.45, 7) is 7.26. The molecule has 0 aromatic carbocycles. The molecule has 0 unspecified atom stereocenters. The lowest BCUT2D eigenvalue weighted by Gasteiger charge is -2.25. The van der Waals surface area contributed by atoms with Crippen molar-refractivity contribution in [2.24, 2.45) is 5.41 Å². The minimum absolute atomic E-state index is 0.289. The van der Waals surface area contributed by atoms with Crippen molar-refractivity contribution in [2.45, 2.75) is 27.2 Å². The third kappa shape index (κ3) is 6.27. The summed E-state index contributed by atoms with van der Waals surface area (Å²) in [5, 5.41) is 0. The maximum absolute atomic E-state index is 5.53. The lowest BCUT2D eigenvalue weighted by molar-refractivity contribution is 0.0554. The third-order valence-electron chi connectivity index (χ3n) is 2.21. The molecule has 0 atom stereocenters. The van der Waals surface area contributed by atoms with Gasteiger partial charge in [-0.25, -0.2) is 0 Å². The molecule has 0 bridgehead atoms. The Kier molecular flexibility index (Phi) is 6.62. The fourth-order valence-corrected chi connectivity index (χ4v) is 2.25. The largest absolute Gasteiger partial charge is 0.527 e. The van der Waals surface area contributed by atoms with Crippen molar-refractivity contribution in [3.63, 3.8) is 0 Å². The summed E-state index contributed by atoms with van der Waals surface area (Å²) in [4.78, 5) is 0. The van der Waals surface area contributed by atoms with Gasteiger partial charge in [-0.2, -0.15) is 0 Å². The van der Waals surface area contributed by atoms with Crippen LogP contribution in [-0.4, -0.2) is 43.0 Å². The smallest absolute Gasteiger partial charge is 0.377 e. The molecule has 0 fully saturated rings. The van der Waals surface area contributed by atoms with Gasteiger partial charge in [0, 0.05) is 27.9 Å². The second-order valence-electron chi connectivity index (χ2n) is 4.66. The molecule has 0 spiro atoms. The Labute approximate surface area is 94.2 Å². The number of ether oxygens (including phenoxy) is 1. The Morgan fingerprint density at radius 3 is 1.73 bits per heavy atom. The van der Waals surface area contributed by atoms with Gasteiger partial charge in [0.2, 0.25) is 0 Å².